The van der Waals surface area contributed by atoms with Crippen LogP contribution >= 0.6 is 0 Å². The number of methoxy groups -OCH3 is 2. The summed E-state index contributed by atoms with van der Waals surface area (Å²) < 4.78 is 11.3. The van der Waals surface area contributed by atoms with Gasteiger partial charge in [0.25, 0.3) is 0 Å². The molecule has 1 amide bonds. The summed E-state index contributed by atoms with van der Waals surface area (Å²) in [7, 11) is 3.23. The van der Waals surface area contributed by atoms with Crippen LogP contribution in [-0.2, 0) is 16.0 Å². The van der Waals surface area contributed by atoms with Crippen LogP contribution in [0.2, 0.25) is 0 Å². The first-order valence-electron chi connectivity index (χ1n) is 14.7. The largest absolute Gasteiger partial charge is 0.497 e. The lowest BCUT2D eigenvalue weighted by Crippen LogP contribution is -2.42. The molecule has 8 heteroatoms. The van der Waals surface area contributed by atoms with Crippen LogP contribution in [0.15, 0.2) is 84.2 Å². The van der Waals surface area contributed by atoms with Gasteiger partial charge in [0.15, 0.2) is 5.78 Å². The number of aromatic nitrogens is 1. The fourth-order valence-corrected chi connectivity index (χ4v) is 6.48. The molecule has 0 saturated carbocycles. The monoisotopic (exact) mass is 578 g/mol. The molecule has 0 radical (unpaired) electrons. The van der Waals surface area contributed by atoms with Crippen LogP contribution in [0.4, 0.5) is 11.4 Å². The molecule has 0 bridgehead atoms. The van der Waals surface area contributed by atoms with Crippen LogP contribution in [0.25, 0.3) is 10.9 Å². The minimum absolute atomic E-state index is 0.0554. The van der Waals surface area contributed by atoms with Gasteiger partial charge in [0.2, 0.25) is 5.91 Å². The highest BCUT2D eigenvalue weighted by molar-refractivity contribution is 6.02. The van der Waals surface area contributed by atoms with Gasteiger partial charge in [-0.25, -0.2) is 0 Å². The third kappa shape index (κ3) is 5.57. The normalized spacial score (nSPS) is 17.5. The average molecular weight is 579 g/mol. The Morgan fingerprint density at radius 1 is 1.02 bits per heavy atom. The van der Waals surface area contributed by atoms with E-state index in [0.717, 1.165) is 39.1 Å². The number of hydrogen-bond donors (Lipinski definition) is 3. The first-order valence-corrected chi connectivity index (χ1v) is 14.7. The molecule has 3 aromatic carbocycles. The molecule has 3 N–H and O–H groups in total. The van der Waals surface area contributed by atoms with Crippen LogP contribution in [0.5, 0.6) is 11.5 Å². The Balaban J connectivity index is 1.37. The topological polar surface area (TPSA) is 95.7 Å². The molecular formula is C35H38N4O4. The fraction of sp³-hybridized carbons (Fsp3) is 0.314. The molecule has 43 heavy (non-hydrogen) atoms. The van der Waals surface area contributed by atoms with E-state index in [1.54, 1.807) is 14.2 Å². The SMILES string of the molecule is COc1ccc(C2C3=C(CC(C)(C)CC3=O)Nc3ccccc3N2CC(=O)NCCc2c[nH]c3ccccc23)c(OC)c1. The predicted molar refractivity (Wildman–Crippen MR) is 170 cm³/mol. The number of amides is 1. The molecule has 1 aliphatic carbocycles. The number of hydrogen-bond acceptors (Lipinski definition) is 6. The number of Topliss-reactive ketones (excluding diaryl/α,β-unsaturated/α-hetero) is 1. The van der Waals surface area contributed by atoms with E-state index in [1.807, 2.05) is 71.8 Å². The Morgan fingerprint density at radius 2 is 1.81 bits per heavy atom. The molecule has 1 aromatic heterocycles. The molecule has 6 rings (SSSR count). The first kappa shape index (κ1) is 28.4. The quantitative estimate of drug-likeness (QED) is 0.232. The molecule has 8 nitrogen and oxygen atoms in total. The lowest BCUT2D eigenvalue weighted by Gasteiger charge is -2.38. The van der Waals surface area contributed by atoms with E-state index in [9.17, 15) is 9.59 Å². The van der Waals surface area contributed by atoms with Gasteiger partial charge in [-0.15, -0.1) is 0 Å². The second kappa shape index (κ2) is 11.5. The van der Waals surface area contributed by atoms with Gasteiger partial charge in [0.1, 0.15) is 11.5 Å². The van der Waals surface area contributed by atoms with Crippen LogP contribution in [0.1, 0.15) is 43.9 Å². The predicted octanol–water partition coefficient (Wildman–Crippen LogP) is 6.16. The van der Waals surface area contributed by atoms with Gasteiger partial charge in [-0.2, -0.15) is 0 Å². The summed E-state index contributed by atoms with van der Waals surface area (Å²) in [6.07, 6.45) is 3.84. The Labute approximate surface area is 252 Å². The van der Waals surface area contributed by atoms with Crippen LogP contribution in [0, 0.1) is 5.41 Å². The smallest absolute Gasteiger partial charge is 0.239 e. The maximum absolute atomic E-state index is 14.0. The number of para-hydroxylation sites is 3. The number of ether oxygens (including phenoxy) is 2. The molecule has 2 heterocycles. The lowest BCUT2D eigenvalue weighted by molar-refractivity contribution is -0.120. The average Bonchev–Trinajstić information content (AvgIpc) is 3.35. The van der Waals surface area contributed by atoms with Gasteiger partial charge in [0, 0.05) is 53.0 Å². The van der Waals surface area contributed by atoms with Crippen molar-refractivity contribution in [1.82, 2.24) is 10.3 Å². The number of fused-ring (bicyclic) bond motifs is 2. The van der Waals surface area contributed by atoms with Crippen molar-refractivity contribution in [2.45, 2.75) is 39.2 Å². The summed E-state index contributed by atoms with van der Waals surface area (Å²) in [5.41, 5.74) is 6.11. The summed E-state index contributed by atoms with van der Waals surface area (Å²) in [6, 6.07) is 21.2. The van der Waals surface area contributed by atoms with E-state index < -0.39 is 6.04 Å². The van der Waals surface area contributed by atoms with E-state index in [-0.39, 0.29) is 23.7 Å². The molecule has 0 saturated heterocycles. The van der Waals surface area contributed by atoms with Gasteiger partial charge >= 0.3 is 0 Å². The molecular weight excluding hydrogens is 540 g/mol. The van der Waals surface area contributed by atoms with E-state index in [0.29, 0.717) is 42.9 Å². The van der Waals surface area contributed by atoms with Crippen molar-refractivity contribution >= 4 is 34.0 Å². The third-order valence-electron chi connectivity index (χ3n) is 8.44. The maximum Gasteiger partial charge on any atom is 0.239 e. The zero-order valence-electron chi connectivity index (χ0n) is 25.1. The number of nitrogens with one attached hydrogen (secondary N) is 3. The van der Waals surface area contributed by atoms with Crippen molar-refractivity contribution in [3.63, 3.8) is 0 Å². The molecule has 4 aromatic rings. The zero-order valence-corrected chi connectivity index (χ0v) is 25.1. The Kier molecular flexibility index (Phi) is 7.61. The number of benzene rings is 3. The van der Waals surface area contributed by atoms with Crippen molar-refractivity contribution in [3.8, 4) is 11.5 Å². The highest BCUT2D eigenvalue weighted by Gasteiger charge is 2.42. The maximum atomic E-state index is 14.0. The number of H-pyrrole nitrogens is 1. The van der Waals surface area contributed by atoms with Crippen LogP contribution in [0.3, 0.4) is 0 Å². The van der Waals surface area contributed by atoms with Gasteiger partial charge in [0.05, 0.1) is 38.2 Å². The Bertz CT molecular complexity index is 1720. The van der Waals surface area contributed by atoms with Gasteiger partial charge < -0.3 is 30.0 Å². The summed E-state index contributed by atoms with van der Waals surface area (Å²) in [5, 5.41) is 7.90. The van der Waals surface area contributed by atoms with E-state index in [1.165, 1.54) is 0 Å². The first-order chi connectivity index (χ1) is 20.8. The minimum atomic E-state index is -0.546. The Hall–Kier alpha value is -4.72. The number of aromatic amines is 1. The van der Waals surface area contributed by atoms with Gasteiger partial charge in [-0.1, -0.05) is 44.2 Å². The summed E-state index contributed by atoms with van der Waals surface area (Å²) in [5.74, 6) is 1.19. The Morgan fingerprint density at radius 3 is 2.63 bits per heavy atom. The van der Waals surface area contributed by atoms with Crippen molar-refractivity contribution in [3.05, 3.63) is 95.3 Å². The van der Waals surface area contributed by atoms with Gasteiger partial charge in [-0.3, -0.25) is 9.59 Å². The van der Waals surface area contributed by atoms with E-state index >= 15 is 0 Å². The van der Waals surface area contributed by atoms with Crippen molar-refractivity contribution in [2.75, 3.05) is 37.5 Å². The number of nitrogens with zero attached hydrogens (tertiary/aromatic N) is 1. The number of allylic oxidation sites excluding steroid dienone is 1. The van der Waals surface area contributed by atoms with Crippen molar-refractivity contribution in [2.24, 2.45) is 5.41 Å². The van der Waals surface area contributed by atoms with Gasteiger partial charge in [-0.05, 0) is 54.2 Å². The molecule has 2 aliphatic rings. The molecule has 1 atom stereocenters. The summed E-state index contributed by atoms with van der Waals surface area (Å²) in [6.45, 7) is 4.79. The lowest BCUT2D eigenvalue weighted by atomic mass is 9.73. The fourth-order valence-electron chi connectivity index (χ4n) is 6.48. The second-order valence-corrected chi connectivity index (χ2v) is 12.1. The number of carbonyl (C=O) groups is 2. The van der Waals surface area contributed by atoms with Crippen LogP contribution < -0.4 is 25.0 Å². The number of anilines is 2. The van der Waals surface area contributed by atoms with E-state index in [4.69, 9.17) is 9.47 Å². The molecule has 0 fully saturated rings. The summed E-state index contributed by atoms with van der Waals surface area (Å²) >= 11 is 0. The zero-order chi connectivity index (χ0) is 30.1. The van der Waals surface area contributed by atoms with E-state index in [2.05, 4.69) is 35.5 Å². The number of carbonyl (C=O) groups excluding carboxylic acids is 2. The highest BCUT2D eigenvalue weighted by atomic mass is 16.5. The second-order valence-electron chi connectivity index (χ2n) is 12.1. The van der Waals surface area contributed by atoms with Crippen LogP contribution in [-0.4, -0.2) is 44.0 Å². The number of rotatable bonds is 8. The number of ketones is 1. The molecule has 222 valence electrons. The summed E-state index contributed by atoms with van der Waals surface area (Å²) in [4.78, 5) is 33.0. The minimum Gasteiger partial charge on any atom is -0.497 e. The van der Waals surface area contributed by atoms with Crippen molar-refractivity contribution < 1.29 is 19.1 Å². The molecule has 0 spiro atoms. The highest BCUT2D eigenvalue weighted by Crippen LogP contribution is 2.49. The molecule has 1 aliphatic heterocycles. The standard InChI is InChI=1S/C35H38N4O4/c1-35(2)18-28-33(30(40)19-35)34(25-14-13-23(42-3)17-31(25)43-4)39(29-12-8-7-11-27(29)38-28)21-32(41)36-16-15-22-20-37-26-10-6-5-9-24(22)26/h5-14,17,20,34,37-38H,15-16,18-19,21H2,1-4H3,(H,36,41). The third-order valence-corrected chi connectivity index (χ3v) is 8.44. The van der Waals surface area contributed by atoms with Crippen molar-refractivity contribution in [1.29, 1.82) is 0 Å². The molecule has 1 unspecified atom stereocenters.